The van der Waals surface area contributed by atoms with Gasteiger partial charge in [-0.3, -0.25) is 14.5 Å². The first-order valence-electron chi connectivity index (χ1n) is 8.92. The first kappa shape index (κ1) is 17.9. The third-order valence-corrected chi connectivity index (χ3v) is 5.20. The number of likely N-dealkylation sites (N-methyl/N-ethyl adjacent to an activating group) is 1. The molecule has 0 spiro atoms. The molecule has 1 saturated heterocycles. The second-order valence-electron chi connectivity index (χ2n) is 6.90. The van der Waals surface area contributed by atoms with Crippen molar-refractivity contribution in [3.8, 4) is 0 Å². The molecule has 1 atom stereocenters. The second-order valence-corrected chi connectivity index (χ2v) is 6.90. The summed E-state index contributed by atoms with van der Waals surface area (Å²) < 4.78 is 4.94. The Morgan fingerprint density at radius 2 is 1.76 bits per heavy atom. The number of amides is 2. The van der Waals surface area contributed by atoms with Crippen LogP contribution in [0.25, 0.3) is 0 Å². The molecule has 0 aliphatic carbocycles. The van der Waals surface area contributed by atoms with Gasteiger partial charge in [0.2, 0.25) is 11.8 Å². The number of methoxy groups -OCH3 is 1. The normalized spacial score (nSPS) is 21.6. The fourth-order valence-corrected chi connectivity index (χ4v) is 3.74. The van der Waals surface area contributed by atoms with Crippen LogP contribution in [-0.2, 0) is 27.3 Å². The van der Waals surface area contributed by atoms with Crippen molar-refractivity contribution in [1.29, 1.82) is 0 Å². The van der Waals surface area contributed by atoms with E-state index in [1.54, 1.807) is 4.90 Å². The number of rotatable bonds is 3. The third-order valence-electron chi connectivity index (χ3n) is 5.20. The lowest BCUT2D eigenvalue weighted by Gasteiger charge is -2.36. The quantitative estimate of drug-likeness (QED) is 0.811. The van der Waals surface area contributed by atoms with Crippen LogP contribution in [-0.4, -0.2) is 79.5 Å². The lowest BCUT2D eigenvalue weighted by molar-refractivity contribution is -0.138. The SMILES string of the molecule is COCC(=O)N1CCCN(C(=O)[C@H]2Cc3ccccc3CN2C)CC1. The molecule has 136 valence electrons. The maximum Gasteiger partial charge on any atom is 0.248 e. The molecule has 2 aliphatic heterocycles. The summed E-state index contributed by atoms with van der Waals surface area (Å²) in [5.41, 5.74) is 2.58. The molecule has 2 aliphatic rings. The van der Waals surface area contributed by atoms with Crippen LogP contribution in [0.15, 0.2) is 24.3 Å². The van der Waals surface area contributed by atoms with Gasteiger partial charge in [0.25, 0.3) is 0 Å². The Morgan fingerprint density at radius 3 is 2.52 bits per heavy atom. The van der Waals surface area contributed by atoms with E-state index in [1.165, 1.54) is 18.2 Å². The molecule has 0 saturated carbocycles. The summed E-state index contributed by atoms with van der Waals surface area (Å²) in [4.78, 5) is 31.0. The molecule has 2 amide bonds. The van der Waals surface area contributed by atoms with Crippen molar-refractivity contribution in [3.63, 3.8) is 0 Å². The molecule has 0 unspecified atom stereocenters. The molecule has 2 heterocycles. The van der Waals surface area contributed by atoms with E-state index in [0.717, 1.165) is 19.4 Å². The number of hydrogen-bond donors (Lipinski definition) is 0. The summed E-state index contributed by atoms with van der Waals surface area (Å²) >= 11 is 0. The molecule has 0 N–H and O–H groups in total. The zero-order valence-electron chi connectivity index (χ0n) is 15.1. The van der Waals surface area contributed by atoms with Crippen molar-refractivity contribution in [2.75, 3.05) is 46.9 Å². The predicted molar refractivity (Wildman–Crippen MR) is 95.1 cm³/mol. The lowest BCUT2D eigenvalue weighted by atomic mass is 9.93. The molecule has 1 aromatic carbocycles. The van der Waals surface area contributed by atoms with Gasteiger partial charge in [0.15, 0.2) is 0 Å². The Morgan fingerprint density at radius 1 is 1.08 bits per heavy atom. The standard InChI is InChI=1S/C19H27N3O3/c1-20-13-16-7-4-3-6-15(16)12-17(20)19(24)22-9-5-8-21(10-11-22)18(23)14-25-2/h3-4,6-7,17H,5,8-14H2,1-2H3/t17-/m1/s1. The van der Waals surface area contributed by atoms with Crippen molar-refractivity contribution in [2.45, 2.75) is 25.4 Å². The van der Waals surface area contributed by atoms with Crippen LogP contribution >= 0.6 is 0 Å². The van der Waals surface area contributed by atoms with E-state index in [0.29, 0.717) is 26.2 Å². The molecule has 6 heteroatoms. The molecular weight excluding hydrogens is 318 g/mol. The highest BCUT2D eigenvalue weighted by Gasteiger charge is 2.33. The summed E-state index contributed by atoms with van der Waals surface area (Å²) in [6, 6.07) is 8.23. The van der Waals surface area contributed by atoms with Gasteiger partial charge < -0.3 is 14.5 Å². The average Bonchev–Trinajstić information content (AvgIpc) is 2.87. The smallest absolute Gasteiger partial charge is 0.248 e. The van der Waals surface area contributed by atoms with E-state index >= 15 is 0 Å². The molecule has 0 aromatic heterocycles. The van der Waals surface area contributed by atoms with Crippen LogP contribution in [0.3, 0.4) is 0 Å². The molecular formula is C19H27N3O3. The van der Waals surface area contributed by atoms with Gasteiger partial charge in [-0.2, -0.15) is 0 Å². The molecule has 1 fully saturated rings. The zero-order valence-corrected chi connectivity index (χ0v) is 15.1. The Kier molecular flexibility index (Phi) is 5.71. The monoisotopic (exact) mass is 345 g/mol. The van der Waals surface area contributed by atoms with E-state index in [-0.39, 0.29) is 24.5 Å². The number of ether oxygens (including phenoxy) is 1. The van der Waals surface area contributed by atoms with Crippen LogP contribution in [0.4, 0.5) is 0 Å². The summed E-state index contributed by atoms with van der Waals surface area (Å²) in [7, 11) is 3.55. The Bertz CT molecular complexity index is 634. The summed E-state index contributed by atoms with van der Waals surface area (Å²) in [5.74, 6) is 0.179. The van der Waals surface area contributed by atoms with Crippen LogP contribution in [0.1, 0.15) is 17.5 Å². The number of carbonyl (C=O) groups excluding carboxylic acids is 2. The Balaban J connectivity index is 1.64. The highest BCUT2D eigenvalue weighted by atomic mass is 16.5. The van der Waals surface area contributed by atoms with Crippen LogP contribution < -0.4 is 0 Å². The molecule has 1 aromatic rings. The van der Waals surface area contributed by atoms with Crippen LogP contribution in [0.5, 0.6) is 0 Å². The van der Waals surface area contributed by atoms with E-state index in [2.05, 4.69) is 23.1 Å². The van der Waals surface area contributed by atoms with Crippen molar-refractivity contribution in [3.05, 3.63) is 35.4 Å². The topological polar surface area (TPSA) is 53.1 Å². The minimum Gasteiger partial charge on any atom is -0.375 e. The van der Waals surface area contributed by atoms with Gasteiger partial charge in [-0.05, 0) is 31.0 Å². The molecule has 6 nitrogen and oxygen atoms in total. The lowest BCUT2D eigenvalue weighted by Crippen LogP contribution is -2.51. The highest BCUT2D eigenvalue weighted by Crippen LogP contribution is 2.23. The number of carbonyl (C=O) groups is 2. The molecule has 3 rings (SSSR count). The van der Waals surface area contributed by atoms with Gasteiger partial charge in [-0.25, -0.2) is 0 Å². The van der Waals surface area contributed by atoms with Crippen molar-refractivity contribution in [2.24, 2.45) is 0 Å². The summed E-state index contributed by atoms with van der Waals surface area (Å²) in [6.07, 6.45) is 1.57. The van der Waals surface area contributed by atoms with Crippen LogP contribution in [0, 0.1) is 0 Å². The van der Waals surface area contributed by atoms with Gasteiger partial charge in [-0.15, -0.1) is 0 Å². The maximum absolute atomic E-state index is 13.1. The van der Waals surface area contributed by atoms with E-state index in [4.69, 9.17) is 4.74 Å². The van der Waals surface area contributed by atoms with Gasteiger partial charge in [0.05, 0.1) is 6.04 Å². The van der Waals surface area contributed by atoms with E-state index in [9.17, 15) is 9.59 Å². The van der Waals surface area contributed by atoms with Crippen molar-refractivity contribution >= 4 is 11.8 Å². The minimum absolute atomic E-state index is 0.000473. The van der Waals surface area contributed by atoms with Gasteiger partial charge in [0.1, 0.15) is 6.61 Å². The fraction of sp³-hybridized carbons (Fsp3) is 0.579. The third kappa shape index (κ3) is 4.02. The largest absolute Gasteiger partial charge is 0.375 e. The molecule has 0 radical (unpaired) electrons. The van der Waals surface area contributed by atoms with Gasteiger partial charge in [-0.1, -0.05) is 24.3 Å². The fourth-order valence-electron chi connectivity index (χ4n) is 3.74. The molecule has 25 heavy (non-hydrogen) atoms. The summed E-state index contributed by atoms with van der Waals surface area (Å²) in [6.45, 7) is 3.49. The second kappa shape index (κ2) is 7.97. The number of benzene rings is 1. The van der Waals surface area contributed by atoms with Gasteiger partial charge in [0, 0.05) is 39.8 Å². The Hall–Kier alpha value is -1.92. The van der Waals surface area contributed by atoms with E-state index < -0.39 is 0 Å². The number of nitrogens with zero attached hydrogens (tertiary/aromatic N) is 3. The first-order chi connectivity index (χ1) is 12.1. The van der Waals surface area contributed by atoms with E-state index in [1.807, 2.05) is 18.0 Å². The first-order valence-corrected chi connectivity index (χ1v) is 8.92. The minimum atomic E-state index is -0.115. The number of fused-ring (bicyclic) bond motifs is 1. The number of hydrogen-bond acceptors (Lipinski definition) is 4. The predicted octanol–water partition coefficient (Wildman–Crippen LogP) is 0.750. The van der Waals surface area contributed by atoms with Crippen molar-refractivity contribution < 1.29 is 14.3 Å². The van der Waals surface area contributed by atoms with Crippen LogP contribution in [0.2, 0.25) is 0 Å². The summed E-state index contributed by atoms with van der Waals surface area (Å²) in [5, 5.41) is 0. The molecule has 0 bridgehead atoms. The average molecular weight is 345 g/mol. The highest BCUT2D eigenvalue weighted by molar-refractivity contribution is 5.83. The van der Waals surface area contributed by atoms with Gasteiger partial charge >= 0.3 is 0 Å². The zero-order chi connectivity index (χ0) is 17.8. The maximum atomic E-state index is 13.1. The van der Waals surface area contributed by atoms with Crippen molar-refractivity contribution in [1.82, 2.24) is 14.7 Å². The Labute approximate surface area is 149 Å².